The summed E-state index contributed by atoms with van der Waals surface area (Å²) in [6.45, 7) is 1.91. The average Bonchev–Trinajstić information content (AvgIpc) is 3.36. The lowest BCUT2D eigenvalue weighted by Gasteiger charge is -2.05. The van der Waals surface area contributed by atoms with Crippen LogP contribution in [0.2, 0.25) is 10.0 Å². The van der Waals surface area contributed by atoms with E-state index in [-0.39, 0.29) is 5.91 Å². The number of hydrogen-bond donors (Lipinski definition) is 0. The summed E-state index contributed by atoms with van der Waals surface area (Å²) in [6, 6.07) is 8.91. The lowest BCUT2D eigenvalue weighted by molar-refractivity contribution is -0.121. The van der Waals surface area contributed by atoms with E-state index in [1.165, 1.54) is 28.0 Å². The summed E-state index contributed by atoms with van der Waals surface area (Å²) in [6.07, 6.45) is 1.71. The van der Waals surface area contributed by atoms with Crippen LogP contribution < -0.4 is 0 Å². The van der Waals surface area contributed by atoms with Crippen molar-refractivity contribution < 1.29 is 9.21 Å². The number of aromatic nitrogens is 1. The van der Waals surface area contributed by atoms with Gasteiger partial charge in [-0.3, -0.25) is 9.69 Å². The van der Waals surface area contributed by atoms with Gasteiger partial charge in [-0.1, -0.05) is 23.2 Å². The normalized spacial score (nSPS) is 17.3. The molecule has 0 spiro atoms. The van der Waals surface area contributed by atoms with Crippen molar-refractivity contribution in [2.75, 3.05) is 7.05 Å². The van der Waals surface area contributed by atoms with Crippen LogP contribution in [0.5, 0.6) is 0 Å². The Balaban J connectivity index is 1.59. The molecule has 0 bridgehead atoms. The van der Waals surface area contributed by atoms with Crippen LogP contribution in [0.3, 0.4) is 0 Å². The van der Waals surface area contributed by atoms with Crippen LogP contribution in [0.15, 0.2) is 50.0 Å². The second-order valence-corrected chi connectivity index (χ2v) is 8.63. The van der Waals surface area contributed by atoms with Crippen molar-refractivity contribution in [3.63, 3.8) is 0 Å². The van der Waals surface area contributed by atoms with Gasteiger partial charge in [-0.05, 0) is 49.0 Å². The van der Waals surface area contributed by atoms with Crippen LogP contribution in [0.1, 0.15) is 11.5 Å². The zero-order valence-electron chi connectivity index (χ0n) is 14.8. The lowest BCUT2D eigenvalue weighted by Crippen LogP contribution is -2.23. The van der Waals surface area contributed by atoms with Gasteiger partial charge in [0.2, 0.25) is 5.13 Å². The number of amides is 1. The molecule has 142 valence electrons. The van der Waals surface area contributed by atoms with E-state index in [4.69, 9.17) is 27.6 Å². The Morgan fingerprint density at radius 1 is 1.21 bits per heavy atom. The first-order chi connectivity index (χ1) is 13.4. The molecule has 0 saturated carbocycles. The maximum Gasteiger partial charge on any atom is 0.266 e. The number of aryl methyl sites for hydroxylation is 1. The maximum atomic E-state index is 12.5. The van der Waals surface area contributed by atoms with Gasteiger partial charge in [-0.25, -0.2) is 4.98 Å². The van der Waals surface area contributed by atoms with Gasteiger partial charge in [0.05, 0.1) is 20.6 Å². The van der Waals surface area contributed by atoms with Crippen LogP contribution >= 0.6 is 46.3 Å². The highest BCUT2D eigenvalue weighted by Crippen LogP contribution is 2.35. The van der Waals surface area contributed by atoms with Gasteiger partial charge in [0.25, 0.3) is 5.91 Å². The molecule has 1 fully saturated rings. The van der Waals surface area contributed by atoms with Crippen molar-refractivity contribution >= 4 is 68.6 Å². The molecular formula is C19H13Cl2N3O2S2. The molecule has 2 aromatic heterocycles. The number of likely N-dealkylation sites (N-methyl/N-ethyl adjacent to an activating group) is 1. The van der Waals surface area contributed by atoms with Gasteiger partial charge in [-0.2, -0.15) is 4.99 Å². The number of thioether (sulfide) groups is 1. The smallest absolute Gasteiger partial charge is 0.266 e. The van der Waals surface area contributed by atoms with Crippen molar-refractivity contribution in [3.8, 4) is 11.3 Å². The molecule has 4 rings (SSSR count). The van der Waals surface area contributed by atoms with Gasteiger partial charge in [0.1, 0.15) is 11.5 Å². The molecule has 1 saturated heterocycles. The minimum atomic E-state index is -0.135. The van der Waals surface area contributed by atoms with Gasteiger partial charge in [-0.15, -0.1) is 11.3 Å². The molecule has 3 aromatic rings. The minimum absolute atomic E-state index is 0.135. The molecule has 5 nitrogen and oxygen atoms in total. The summed E-state index contributed by atoms with van der Waals surface area (Å²) >= 11 is 14.8. The van der Waals surface area contributed by atoms with Crippen LogP contribution in [0.4, 0.5) is 5.13 Å². The van der Waals surface area contributed by atoms with Crippen LogP contribution in [0, 0.1) is 6.92 Å². The third-order valence-corrected chi connectivity index (χ3v) is 6.56. The fourth-order valence-corrected chi connectivity index (χ4v) is 4.46. The summed E-state index contributed by atoms with van der Waals surface area (Å²) in [5.74, 6) is 1.07. The number of rotatable bonds is 3. The number of halogens is 2. The van der Waals surface area contributed by atoms with E-state index in [2.05, 4.69) is 9.98 Å². The summed E-state index contributed by atoms with van der Waals surface area (Å²) < 4.78 is 5.85. The average molecular weight is 450 g/mol. The molecule has 1 amide bonds. The number of furan rings is 1. The molecule has 28 heavy (non-hydrogen) atoms. The molecule has 1 aromatic carbocycles. The van der Waals surface area contributed by atoms with Crippen molar-refractivity contribution in [2.45, 2.75) is 6.92 Å². The Morgan fingerprint density at radius 2 is 2.04 bits per heavy atom. The molecule has 0 aliphatic carbocycles. The van der Waals surface area contributed by atoms with Crippen LogP contribution in [0.25, 0.3) is 17.4 Å². The monoisotopic (exact) mass is 449 g/mol. The van der Waals surface area contributed by atoms with E-state index >= 15 is 0 Å². The minimum Gasteiger partial charge on any atom is -0.457 e. The van der Waals surface area contributed by atoms with E-state index in [0.29, 0.717) is 36.8 Å². The fraction of sp³-hybridized carbons (Fsp3) is 0.105. The zero-order chi connectivity index (χ0) is 19.8. The molecule has 0 unspecified atom stereocenters. The number of benzene rings is 1. The van der Waals surface area contributed by atoms with Crippen molar-refractivity contribution in [1.29, 1.82) is 0 Å². The van der Waals surface area contributed by atoms with E-state index in [1.54, 1.807) is 31.3 Å². The fourth-order valence-electron chi connectivity index (χ4n) is 2.49. The first-order valence-corrected chi connectivity index (χ1v) is 10.6. The summed E-state index contributed by atoms with van der Waals surface area (Å²) in [5, 5.41) is 4.07. The van der Waals surface area contributed by atoms with E-state index in [0.717, 1.165) is 11.3 Å². The Bertz CT molecular complexity index is 1130. The SMILES string of the molecule is Cc1csc(/N=C2/S/C(=C/c3ccc(-c4ccc(Cl)c(Cl)c4)o3)C(=O)N2C)n1. The predicted octanol–water partition coefficient (Wildman–Crippen LogP) is 6.25. The summed E-state index contributed by atoms with van der Waals surface area (Å²) in [4.78, 5) is 23.4. The predicted molar refractivity (Wildman–Crippen MR) is 116 cm³/mol. The quantitative estimate of drug-likeness (QED) is 0.443. The van der Waals surface area contributed by atoms with Crippen LogP contribution in [-0.4, -0.2) is 28.0 Å². The third kappa shape index (κ3) is 3.89. The Morgan fingerprint density at radius 3 is 2.75 bits per heavy atom. The highest BCUT2D eigenvalue weighted by Gasteiger charge is 2.31. The maximum absolute atomic E-state index is 12.5. The number of carbonyl (C=O) groups excluding carboxylic acids is 1. The van der Waals surface area contributed by atoms with Gasteiger partial charge >= 0.3 is 0 Å². The third-order valence-electron chi connectivity index (χ3n) is 3.91. The zero-order valence-corrected chi connectivity index (χ0v) is 17.9. The number of nitrogens with zero attached hydrogens (tertiary/aromatic N) is 3. The van der Waals surface area contributed by atoms with E-state index in [9.17, 15) is 4.79 Å². The van der Waals surface area contributed by atoms with Gasteiger partial charge < -0.3 is 4.42 Å². The van der Waals surface area contributed by atoms with E-state index < -0.39 is 0 Å². The molecule has 1 aliphatic heterocycles. The first kappa shape index (κ1) is 19.3. The largest absolute Gasteiger partial charge is 0.457 e. The molecule has 0 atom stereocenters. The molecule has 0 N–H and O–H groups in total. The number of hydrogen-bond acceptors (Lipinski definition) is 6. The highest BCUT2D eigenvalue weighted by molar-refractivity contribution is 8.18. The van der Waals surface area contributed by atoms with Crippen molar-refractivity contribution in [1.82, 2.24) is 9.88 Å². The lowest BCUT2D eigenvalue weighted by atomic mass is 10.2. The Kier molecular flexibility index (Phi) is 5.33. The van der Waals surface area contributed by atoms with Gasteiger partial charge in [0, 0.05) is 24.1 Å². The molecular weight excluding hydrogens is 437 g/mol. The number of amidine groups is 1. The van der Waals surface area contributed by atoms with E-state index in [1.807, 2.05) is 24.4 Å². The van der Waals surface area contributed by atoms with Gasteiger partial charge in [0.15, 0.2) is 5.17 Å². The summed E-state index contributed by atoms with van der Waals surface area (Å²) in [7, 11) is 1.69. The first-order valence-electron chi connectivity index (χ1n) is 8.14. The number of aliphatic imine (C=N–C) groups is 1. The molecule has 3 heterocycles. The second-order valence-electron chi connectivity index (χ2n) is 5.97. The molecule has 9 heteroatoms. The Hall–Kier alpha value is -2.06. The van der Waals surface area contributed by atoms with Crippen molar-refractivity contribution in [2.24, 2.45) is 4.99 Å². The summed E-state index contributed by atoms with van der Waals surface area (Å²) in [5.41, 5.74) is 1.71. The second kappa shape index (κ2) is 7.75. The highest BCUT2D eigenvalue weighted by atomic mass is 35.5. The number of thiazole rings is 1. The molecule has 0 radical (unpaired) electrons. The van der Waals surface area contributed by atoms with Crippen molar-refractivity contribution in [3.05, 3.63) is 62.1 Å². The topological polar surface area (TPSA) is 58.7 Å². The molecule has 1 aliphatic rings. The standard InChI is InChI=1S/C19H13Cl2N3O2S2/c1-10-9-27-18(22-10)23-19-24(2)17(25)16(28-19)8-12-4-6-15(26-12)11-3-5-13(20)14(21)7-11/h3-9H,1-2H3/b16-8+,23-19+. The Labute approximate surface area is 179 Å². The number of carbonyl (C=O) groups is 1. The van der Waals surface area contributed by atoms with Crippen LogP contribution in [-0.2, 0) is 4.79 Å².